The Morgan fingerprint density at radius 2 is 1.52 bits per heavy atom. The van der Waals surface area contributed by atoms with Crippen LogP contribution in [0.2, 0.25) is 0 Å². The molecule has 0 atom stereocenters. The predicted octanol–water partition coefficient (Wildman–Crippen LogP) is 6.31. The Bertz CT molecular complexity index is 945. The van der Waals surface area contributed by atoms with Gasteiger partial charge in [0.15, 0.2) is 22.7 Å². The van der Waals surface area contributed by atoms with Gasteiger partial charge in [-0.05, 0) is 62.8 Å². The second-order valence-corrected chi connectivity index (χ2v) is 6.88. The van der Waals surface area contributed by atoms with Crippen molar-refractivity contribution in [2.75, 3.05) is 13.3 Å². The molecule has 144 valence electrons. The van der Waals surface area contributed by atoms with Crippen LogP contribution < -0.4 is 9.47 Å². The maximum absolute atomic E-state index is 14.9. The smallest absolute Gasteiger partial charge is 0.208 e. The van der Waals surface area contributed by atoms with E-state index in [-0.39, 0.29) is 35.4 Å². The Kier molecular flexibility index (Phi) is 5.14. The molecule has 0 unspecified atom stereocenters. The van der Waals surface area contributed by atoms with E-state index in [0.29, 0.717) is 23.6 Å². The van der Waals surface area contributed by atoms with Gasteiger partial charge in [0.25, 0.3) is 0 Å². The first-order valence-electron chi connectivity index (χ1n) is 9.37. The van der Waals surface area contributed by atoms with E-state index in [1.807, 2.05) is 0 Å². The van der Waals surface area contributed by atoms with Crippen LogP contribution in [0.15, 0.2) is 28.7 Å². The van der Waals surface area contributed by atoms with Crippen molar-refractivity contribution < 1.29 is 27.1 Å². The third-order valence-electron chi connectivity index (χ3n) is 5.00. The monoisotopic (exact) mass is 378 g/mol. The van der Waals surface area contributed by atoms with Crippen molar-refractivity contribution in [3.05, 3.63) is 35.9 Å². The largest absolute Gasteiger partial charge is 0.490 e. The number of furan rings is 1. The molecule has 1 fully saturated rings. The van der Waals surface area contributed by atoms with E-state index in [1.54, 1.807) is 18.2 Å². The van der Waals surface area contributed by atoms with E-state index in [0.717, 1.165) is 25.7 Å². The van der Waals surface area contributed by atoms with Gasteiger partial charge in [-0.25, -0.2) is 0 Å². The first-order valence-corrected chi connectivity index (χ1v) is 9.37. The lowest BCUT2D eigenvalue weighted by atomic mass is 10.1. The van der Waals surface area contributed by atoms with E-state index in [1.165, 1.54) is 6.07 Å². The van der Waals surface area contributed by atoms with Crippen molar-refractivity contribution >= 4 is 21.9 Å². The lowest BCUT2D eigenvalue weighted by Crippen LogP contribution is -2.11. The van der Waals surface area contributed by atoms with Crippen molar-refractivity contribution in [1.29, 1.82) is 0 Å². The molecule has 0 spiro atoms. The SMILES string of the molecule is FCCCCOc1ccc2c(oc3c(F)c(OC4CCCC4)ccc32)c1F. The average molecular weight is 378 g/mol. The number of ether oxygens (including phenoxy) is 2. The minimum atomic E-state index is -0.679. The summed E-state index contributed by atoms with van der Waals surface area (Å²) in [4.78, 5) is 0. The molecule has 4 rings (SSSR count). The average Bonchev–Trinajstić information content (AvgIpc) is 3.31. The van der Waals surface area contributed by atoms with Crippen molar-refractivity contribution in [3.8, 4) is 11.5 Å². The molecule has 2 aromatic carbocycles. The number of halogens is 3. The van der Waals surface area contributed by atoms with Crippen molar-refractivity contribution in [3.63, 3.8) is 0 Å². The molecule has 0 saturated heterocycles. The lowest BCUT2D eigenvalue weighted by molar-refractivity contribution is 0.201. The molecular formula is C21H21F3O3. The minimum Gasteiger partial charge on any atom is -0.490 e. The highest BCUT2D eigenvalue weighted by Gasteiger charge is 2.23. The number of benzene rings is 2. The molecule has 0 radical (unpaired) electrons. The highest BCUT2D eigenvalue weighted by atomic mass is 19.1. The molecule has 3 nitrogen and oxygen atoms in total. The summed E-state index contributed by atoms with van der Waals surface area (Å²) in [5.41, 5.74) is -0.0705. The van der Waals surface area contributed by atoms with Gasteiger partial charge in [0.05, 0.1) is 19.4 Å². The lowest BCUT2D eigenvalue weighted by Gasteiger charge is -2.13. The van der Waals surface area contributed by atoms with Gasteiger partial charge in [-0.15, -0.1) is 0 Å². The molecule has 0 N–H and O–H groups in total. The van der Waals surface area contributed by atoms with Gasteiger partial charge in [-0.2, -0.15) is 8.78 Å². The van der Waals surface area contributed by atoms with Crippen LogP contribution in [0.3, 0.4) is 0 Å². The van der Waals surface area contributed by atoms with Crippen LogP contribution in [0.5, 0.6) is 11.5 Å². The van der Waals surface area contributed by atoms with Gasteiger partial charge in [-0.1, -0.05) is 0 Å². The third-order valence-corrected chi connectivity index (χ3v) is 5.00. The minimum absolute atomic E-state index is 0.0161. The molecule has 1 aliphatic rings. The molecule has 0 aliphatic heterocycles. The van der Waals surface area contributed by atoms with Crippen LogP contribution in [0, 0.1) is 11.6 Å². The quantitative estimate of drug-likeness (QED) is 0.451. The number of hydrogen-bond acceptors (Lipinski definition) is 3. The Hall–Kier alpha value is -2.37. The molecule has 0 amide bonds. The van der Waals surface area contributed by atoms with E-state index < -0.39 is 18.3 Å². The second kappa shape index (κ2) is 7.71. The number of hydrogen-bond donors (Lipinski definition) is 0. The van der Waals surface area contributed by atoms with Crippen LogP contribution >= 0.6 is 0 Å². The molecule has 1 heterocycles. The number of fused-ring (bicyclic) bond motifs is 3. The van der Waals surface area contributed by atoms with Gasteiger partial charge in [-0.3, -0.25) is 4.39 Å². The highest BCUT2D eigenvalue weighted by molar-refractivity contribution is 6.06. The van der Waals surface area contributed by atoms with Crippen LogP contribution in [-0.4, -0.2) is 19.4 Å². The molecule has 0 bridgehead atoms. The Balaban J connectivity index is 1.66. The summed E-state index contributed by atoms with van der Waals surface area (Å²) >= 11 is 0. The molecular weight excluding hydrogens is 357 g/mol. The summed E-state index contributed by atoms with van der Waals surface area (Å²) in [6.07, 6.45) is 4.86. The van der Waals surface area contributed by atoms with Gasteiger partial charge >= 0.3 is 0 Å². The fourth-order valence-corrected chi connectivity index (χ4v) is 3.57. The molecule has 1 saturated carbocycles. The first-order chi connectivity index (χ1) is 13.2. The fourth-order valence-electron chi connectivity index (χ4n) is 3.57. The molecule has 3 aromatic rings. The zero-order valence-corrected chi connectivity index (χ0v) is 14.9. The van der Waals surface area contributed by atoms with Crippen LogP contribution in [0.4, 0.5) is 13.2 Å². The summed E-state index contributed by atoms with van der Waals surface area (Å²) in [6, 6.07) is 6.40. The van der Waals surface area contributed by atoms with Gasteiger partial charge < -0.3 is 13.9 Å². The fraction of sp³-hybridized carbons (Fsp3) is 0.429. The molecule has 27 heavy (non-hydrogen) atoms. The molecule has 6 heteroatoms. The molecule has 1 aliphatic carbocycles. The number of unbranched alkanes of at least 4 members (excludes halogenated alkanes) is 1. The predicted molar refractivity (Wildman–Crippen MR) is 97.2 cm³/mol. The maximum atomic E-state index is 14.9. The van der Waals surface area contributed by atoms with E-state index in [4.69, 9.17) is 13.9 Å². The summed E-state index contributed by atoms with van der Waals surface area (Å²) in [7, 11) is 0. The van der Waals surface area contributed by atoms with Gasteiger partial charge in [0.1, 0.15) is 0 Å². The zero-order valence-electron chi connectivity index (χ0n) is 14.9. The number of alkyl halides is 1. The van der Waals surface area contributed by atoms with Crippen LogP contribution in [0.1, 0.15) is 38.5 Å². The summed E-state index contributed by atoms with van der Waals surface area (Å²) in [5.74, 6) is -1.14. The van der Waals surface area contributed by atoms with E-state index in [9.17, 15) is 13.2 Å². The first kappa shape index (κ1) is 18.0. The van der Waals surface area contributed by atoms with Crippen molar-refractivity contribution in [2.45, 2.75) is 44.6 Å². The van der Waals surface area contributed by atoms with Gasteiger partial charge in [0, 0.05) is 10.8 Å². The Labute approximate surface area is 155 Å². The van der Waals surface area contributed by atoms with Crippen LogP contribution in [0.25, 0.3) is 21.9 Å². The van der Waals surface area contributed by atoms with E-state index >= 15 is 0 Å². The van der Waals surface area contributed by atoms with Crippen molar-refractivity contribution in [2.24, 2.45) is 0 Å². The Morgan fingerprint density at radius 3 is 2.19 bits per heavy atom. The molecule has 1 aromatic heterocycles. The van der Waals surface area contributed by atoms with E-state index in [2.05, 4.69) is 0 Å². The second-order valence-electron chi connectivity index (χ2n) is 6.88. The summed E-state index contributed by atoms with van der Waals surface area (Å²) in [6.45, 7) is -0.223. The van der Waals surface area contributed by atoms with Crippen LogP contribution in [-0.2, 0) is 0 Å². The zero-order chi connectivity index (χ0) is 18.8. The van der Waals surface area contributed by atoms with Gasteiger partial charge in [0.2, 0.25) is 11.6 Å². The highest BCUT2D eigenvalue weighted by Crippen LogP contribution is 2.38. The third kappa shape index (κ3) is 3.45. The Morgan fingerprint density at radius 1 is 0.889 bits per heavy atom. The number of rotatable bonds is 7. The van der Waals surface area contributed by atoms with Crippen molar-refractivity contribution in [1.82, 2.24) is 0 Å². The standard InChI is InChI=1S/C21H21F3O3/c22-11-3-4-12-25-16-9-7-14-15-8-10-17(26-13-5-1-2-6-13)19(24)21(15)27-20(14)18(16)23/h7-10,13H,1-6,11-12H2. The summed E-state index contributed by atoms with van der Waals surface area (Å²) < 4.78 is 58.4. The normalized spacial score (nSPS) is 15.1. The summed E-state index contributed by atoms with van der Waals surface area (Å²) in [5, 5.41) is 0.967. The maximum Gasteiger partial charge on any atom is 0.208 e. The topological polar surface area (TPSA) is 31.6 Å².